The average Bonchev–Trinajstić information content (AvgIpc) is 3.17. The molecule has 2 saturated carbocycles. The zero-order valence-corrected chi connectivity index (χ0v) is 15.5. The van der Waals surface area contributed by atoms with Gasteiger partial charge in [-0.2, -0.15) is 11.8 Å². The van der Waals surface area contributed by atoms with Crippen LogP contribution >= 0.6 is 11.8 Å². The molecule has 1 aliphatic heterocycles. The van der Waals surface area contributed by atoms with Crippen molar-refractivity contribution < 1.29 is 0 Å². The molecule has 1 heterocycles. The highest BCUT2D eigenvalue weighted by molar-refractivity contribution is 8.07. The van der Waals surface area contributed by atoms with Gasteiger partial charge in [0, 0.05) is 10.5 Å². The molecule has 1 heteroatoms. The zero-order valence-electron chi connectivity index (χ0n) is 14.7. The van der Waals surface area contributed by atoms with Gasteiger partial charge >= 0.3 is 0 Å². The zero-order chi connectivity index (χ0) is 15.2. The van der Waals surface area contributed by atoms with Gasteiger partial charge in [-0.25, -0.2) is 0 Å². The molecular weight excluding hydrogens is 284 g/mol. The lowest BCUT2D eigenvalue weighted by Gasteiger charge is -2.57. The molecule has 5 rings (SSSR count). The van der Waals surface area contributed by atoms with Crippen LogP contribution in [0.3, 0.4) is 0 Å². The maximum Gasteiger partial charge on any atom is 0.0254 e. The smallest absolute Gasteiger partial charge is 0.0254 e. The van der Waals surface area contributed by atoms with Gasteiger partial charge in [0.25, 0.3) is 0 Å². The number of hydrogen-bond donors (Lipinski definition) is 0. The molecule has 3 fully saturated rings. The van der Waals surface area contributed by atoms with Crippen molar-refractivity contribution in [1.29, 1.82) is 0 Å². The first-order valence-corrected chi connectivity index (χ1v) is 10.8. The van der Waals surface area contributed by atoms with Crippen molar-refractivity contribution in [2.45, 2.75) is 83.3 Å². The van der Waals surface area contributed by atoms with E-state index < -0.39 is 0 Å². The second-order valence-electron chi connectivity index (χ2n) is 10.1. The third-order valence-corrected chi connectivity index (χ3v) is 10.2. The van der Waals surface area contributed by atoms with E-state index in [0.29, 0.717) is 10.8 Å². The van der Waals surface area contributed by atoms with Crippen molar-refractivity contribution >= 4 is 11.8 Å². The Kier molecular flexibility index (Phi) is 2.87. The molecule has 0 aromatic carbocycles. The third-order valence-electron chi connectivity index (χ3n) is 8.76. The van der Waals surface area contributed by atoms with Crippen LogP contribution in [-0.2, 0) is 0 Å². The van der Waals surface area contributed by atoms with Crippen molar-refractivity contribution in [2.24, 2.45) is 28.6 Å². The van der Waals surface area contributed by atoms with Gasteiger partial charge in [-0.05, 0) is 86.4 Å². The van der Waals surface area contributed by atoms with Crippen LogP contribution in [0, 0.1) is 28.6 Å². The number of thioether (sulfide) groups is 1. The molecule has 5 atom stereocenters. The molecule has 0 nitrogen and oxygen atoms in total. The Morgan fingerprint density at radius 2 is 1.77 bits per heavy atom. The average molecular weight is 317 g/mol. The van der Waals surface area contributed by atoms with E-state index in [-0.39, 0.29) is 0 Å². The van der Waals surface area contributed by atoms with Crippen molar-refractivity contribution in [3.63, 3.8) is 0 Å². The first kappa shape index (κ1) is 14.4. The van der Waals surface area contributed by atoms with E-state index in [0.717, 1.165) is 22.5 Å². The van der Waals surface area contributed by atoms with Crippen LogP contribution in [0.25, 0.3) is 0 Å². The molecule has 0 radical (unpaired) electrons. The van der Waals surface area contributed by atoms with Crippen LogP contribution in [0.5, 0.6) is 0 Å². The Labute approximate surface area is 140 Å². The molecule has 0 aromatic heterocycles. The van der Waals surface area contributed by atoms with Crippen molar-refractivity contribution in [2.75, 3.05) is 5.75 Å². The Morgan fingerprint density at radius 1 is 0.955 bits per heavy atom. The summed E-state index contributed by atoms with van der Waals surface area (Å²) in [6.07, 6.45) is 13.5. The lowest BCUT2D eigenvalue weighted by atomic mass is 9.48. The quantitative estimate of drug-likeness (QED) is 0.378. The minimum atomic E-state index is 0.527. The number of rotatable bonds is 0. The standard InChI is InChI=1S/C21H32S/c1-19(2)9-8-16-15-5-4-14-12-21(13-22-21)11-10-20(14,3)18(15)7-6-17(16)19/h14-15,18H,4-13H2,1-3H3/t14-,15-,18-,20+,21+/m1/s1. The van der Waals surface area contributed by atoms with Gasteiger partial charge < -0.3 is 0 Å². The van der Waals surface area contributed by atoms with Gasteiger partial charge in [0.1, 0.15) is 0 Å². The Balaban J connectivity index is 1.47. The number of fused-ring (bicyclic) bond motifs is 4. The molecule has 22 heavy (non-hydrogen) atoms. The lowest BCUT2D eigenvalue weighted by Crippen LogP contribution is -2.49. The van der Waals surface area contributed by atoms with Gasteiger partial charge in [0.05, 0.1) is 0 Å². The van der Waals surface area contributed by atoms with Gasteiger partial charge in [-0.3, -0.25) is 0 Å². The van der Waals surface area contributed by atoms with Crippen LogP contribution in [-0.4, -0.2) is 10.5 Å². The summed E-state index contributed by atoms with van der Waals surface area (Å²) >= 11 is 2.28. The normalized spacial score (nSPS) is 52.2. The first-order valence-electron chi connectivity index (χ1n) is 9.80. The fourth-order valence-electron chi connectivity index (χ4n) is 7.15. The maximum atomic E-state index is 2.71. The highest BCUT2D eigenvalue weighted by atomic mass is 32.2. The SMILES string of the molecule is CC1(C)CCC2=C1CC[C@@H]1[C@@H]2CC[C@@H]2C[C@@]3(CC[C@@]21C)CS3. The van der Waals surface area contributed by atoms with Gasteiger partial charge in [-0.1, -0.05) is 31.9 Å². The molecule has 0 aromatic rings. The minimum Gasteiger partial charge on any atom is -0.153 e. The molecule has 122 valence electrons. The van der Waals surface area contributed by atoms with Crippen LogP contribution in [0.4, 0.5) is 0 Å². The first-order chi connectivity index (χ1) is 10.4. The predicted molar refractivity (Wildman–Crippen MR) is 96.1 cm³/mol. The van der Waals surface area contributed by atoms with Crippen LogP contribution in [0.1, 0.15) is 78.6 Å². The molecule has 0 N–H and O–H groups in total. The largest absolute Gasteiger partial charge is 0.153 e. The van der Waals surface area contributed by atoms with E-state index in [1.165, 1.54) is 57.1 Å². The molecule has 0 amide bonds. The summed E-state index contributed by atoms with van der Waals surface area (Å²) in [6.45, 7) is 7.73. The van der Waals surface area contributed by atoms with Crippen molar-refractivity contribution in [1.82, 2.24) is 0 Å². The molecule has 0 bridgehead atoms. The fourth-order valence-corrected chi connectivity index (χ4v) is 8.18. The van der Waals surface area contributed by atoms with Gasteiger partial charge in [-0.15, -0.1) is 0 Å². The summed E-state index contributed by atoms with van der Waals surface area (Å²) in [5.41, 5.74) is 5.07. The molecule has 0 unspecified atom stereocenters. The number of hydrogen-bond acceptors (Lipinski definition) is 1. The summed E-state index contributed by atoms with van der Waals surface area (Å²) in [4.78, 5) is 0. The van der Waals surface area contributed by atoms with Crippen molar-refractivity contribution in [3.8, 4) is 0 Å². The molecular formula is C21H32S. The van der Waals surface area contributed by atoms with E-state index in [9.17, 15) is 0 Å². The molecule has 1 saturated heterocycles. The third kappa shape index (κ3) is 1.84. The highest BCUT2D eigenvalue weighted by Crippen LogP contribution is 2.68. The Morgan fingerprint density at radius 3 is 2.55 bits per heavy atom. The second-order valence-corrected chi connectivity index (χ2v) is 11.5. The summed E-state index contributed by atoms with van der Waals surface area (Å²) < 4.78 is 0.769. The highest BCUT2D eigenvalue weighted by Gasteiger charge is 2.59. The predicted octanol–water partition coefficient (Wildman–Crippen LogP) is 6.22. The number of allylic oxidation sites excluding steroid dienone is 2. The summed E-state index contributed by atoms with van der Waals surface area (Å²) in [6, 6.07) is 0. The van der Waals surface area contributed by atoms with E-state index in [1.807, 2.05) is 11.1 Å². The Hall–Kier alpha value is 0.0900. The van der Waals surface area contributed by atoms with Crippen molar-refractivity contribution in [3.05, 3.63) is 11.1 Å². The summed E-state index contributed by atoms with van der Waals surface area (Å²) in [5.74, 6) is 4.54. The second kappa shape index (κ2) is 4.38. The molecule has 1 spiro atoms. The van der Waals surface area contributed by atoms with Crippen LogP contribution in [0.15, 0.2) is 11.1 Å². The van der Waals surface area contributed by atoms with Gasteiger partial charge in [0.2, 0.25) is 0 Å². The Bertz CT molecular complexity index is 538. The maximum absolute atomic E-state index is 2.71. The molecule has 5 aliphatic rings. The monoisotopic (exact) mass is 316 g/mol. The van der Waals surface area contributed by atoms with E-state index in [2.05, 4.69) is 32.5 Å². The van der Waals surface area contributed by atoms with E-state index >= 15 is 0 Å². The summed E-state index contributed by atoms with van der Waals surface area (Å²) in [7, 11) is 0. The van der Waals surface area contributed by atoms with E-state index in [4.69, 9.17) is 0 Å². The minimum absolute atomic E-state index is 0.527. The lowest BCUT2D eigenvalue weighted by molar-refractivity contribution is -0.0375. The fraction of sp³-hybridized carbons (Fsp3) is 0.905. The van der Waals surface area contributed by atoms with E-state index in [1.54, 1.807) is 6.42 Å². The summed E-state index contributed by atoms with van der Waals surface area (Å²) in [5, 5.41) is 0. The molecule has 4 aliphatic carbocycles. The van der Waals surface area contributed by atoms with Crippen LogP contribution < -0.4 is 0 Å². The van der Waals surface area contributed by atoms with Crippen LogP contribution in [0.2, 0.25) is 0 Å². The van der Waals surface area contributed by atoms with Gasteiger partial charge in [0.15, 0.2) is 0 Å². The topological polar surface area (TPSA) is 0 Å².